The van der Waals surface area contributed by atoms with Crippen molar-refractivity contribution in [1.82, 2.24) is 13.7 Å². The van der Waals surface area contributed by atoms with E-state index < -0.39 is 33.6 Å². The van der Waals surface area contributed by atoms with E-state index in [4.69, 9.17) is 4.74 Å². The molecule has 1 N–H and O–H groups in total. The molecular weight excluding hydrogens is 484 g/mol. The minimum atomic E-state index is -3.77. The summed E-state index contributed by atoms with van der Waals surface area (Å²) < 4.78 is 35.1. The first-order valence-electron chi connectivity index (χ1n) is 11.5. The van der Waals surface area contributed by atoms with Gasteiger partial charge in [-0.3, -0.25) is 14.3 Å². The molecule has 0 spiro atoms. The largest absolute Gasteiger partial charge is 0.449 e. The molecule has 10 nitrogen and oxygen atoms in total. The van der Waals surface area contributed by atoms with Crippen LogP contribution in [0.1, 0.15) is 36.8 Å². The standard InChI is InChI=1S/C25H30N4O6S/c1-6-28(7-2)36(33,34)21-15-11-12-19(16-21)25(32)35-18(4)23(30)26-22-17(3)27(5)29(24(22)31)20-13-9-8-10-14-20/h8-16,18H,6-7H2,1-5H3,(H,26,30). The summed E-state index contributed by atoms with van der Waals surface area (Å²) in [7, 11) is -2.07. The summed E-state index contributed by atoms with van der Waals surface area (Å²) in [5.41, 5.74) is 0.784. The van der Waals surface area contributed by atoms with Crippen LogP contribution in [0.25, 0.3) is 5.69 Å². The van der Waals surface area contributed by atoms with Crippen LogP contribution in [0.3, 0.4) is 0 Å². The number of carbonyl (C=O) groups is 2. The number of para-hydroxylation sites is 1. The van der Waals surface area contributed by atoms with Crippen LogP contribution >= 0.6 is 0 Å². The molecule has 1 atom stereocenters. The van der Waals surface area contributed by atoms with Crippen molar-refractivity contribution in [2.75, 3.05) is 18.4 Å². The molecule has 1 amide bonds. The lowest BCUT2D eigenvalue weighted by molar-refractivity contribution is -0.123. The number of amides is 1. The van der Waals surface area contributed by atoms with Crippen molar-refractivity contribution in [3.8, 4) is 5.69 Å². The highest BCUT2D eigenvalue weighted by atomic mass is 32.2. The Morgan fingerprint density at radius 3 is 2.31 bits per heavy atom. The number of hydrogen-bond acceptors (Lipinski definition) is 6. The summed E-state index contributed by atoms with van der Waals surface area (Å²) in [6.07, 6.45) is -1.25. The quantitative estimate of drug-likeness (QED) is 0.439. The van der Waals surface area contributed by atoms with E-state index >= 15 is 0 Å². The average Bonchev–Trinajstić information content (AvgIpc) is 3.08. The van der Waals surface area contributed by atoms with Crippen LogP contribution in [0.4, 0.5) is 5.69 Å². The first-order chi connectivity index (χ1) is 17.0. The van der Waals surface area contributed by atoms with Crippen LogP contribution in [0.5, 0.6) is 0 Å². The number of hydrogen-bond donors (Lipinski definition) is 1. The third-order valence-electron chi connectivity index (χ3n) is 5.87. The molecule has 3 aromatic rings. The molecule has 0 aliphatic heterocycles. The topological polar surface area (TPSA) is 120 Å². The summed E-state index contributed by atoms with van der Waals surface area (Å²) in [6.45, 7) is 7.09. The molecule has 11 heteroatoms. The zero-order valence-corrected chi connectivity index (χ0v) is 21.7. The van der Waals surface area contributed by atoms with E-state index in [-0.39, 0.29) is 29.2 Å². The molecule has 36 heavy (non-hydrogen) atoms. The van der Waals surface area contributed by atoms with Crippen molar-refractivity contribution in [3.63, 3.8) is 0 Å². The SMILES string of the molecule is CCN(CC)S(=O)(=O)c1cccc(C(=O)OC(C)C(=O)Nc2c(C)n(C)n(-c3ccccc3)c2=O)c1. The van der Waals surface area contributed by atoms with Crippen molar-refractivity contribution in [3.05, 3.63) is 76.2 Å². The second-order valence-electron chi connectivity index (χ2n) is 8.09. The van der Waals surface area contributed by atoms with Crippen molar-refractivity contribution in [2.24, 2.45) is 7.05 Å². The van der Waals surface area contributed by atoms with Crippen molar-refractivity contribution < 1.29 is 22.7 Å². The van der Waals surface area contributed by atoms with E-state index in [1.165, 1.54) is 40.2 Å². The van der Waals surface area contributed by atoms with Crippen molar-refractivity contribution >= 4 is 27.6 Å². The van der Waals surface area contributed by atoms with Crippen LogP contribution in [0, 0.1) is 6.92 Å². The van der Waals surface area contributed by atoms with Gasteiger partial charge in [0.05, 0.1) is 21.8 Å². The monoisotopic (exact) mass is 514 g/mol. The number of anilines is 1. The van der Waals surface area contributed by atoms with E-state index in [0.717, 1.165) is 0 Å². The lowest BCUT2D eigenvalue weighted by Gasteiger charge is -2.19. The molecule has 0 fully saturated rings. The van der Waals surface area contributed by atoms with Gasteiger partial charge < -0.3 is 10.1 Å². The predicted octanol–water partition coefficient (Wildman–Crippen LogP) is 2.70. The second kappa shape index (κ2) is 10.9. The van der Waals surface area contributed by atoms with Gasteiger partial charge in [0.15, 0.2) is 6.10 Å². The van der Waals surface area contributed by atoms with E-state index in [2.05, 4.69) is 5.32 Å². The van der Waals surface area contributed by atoms with Gasteiger partial charge in [0.1, 0.15) is 5.69 Å². The maximum Gasteiger partial charge on any atom is 0.338 e. The van der Waals surface area contributed by atoms with E-state index in [1.807, 2.05) is 6.07 Å². The molecular formula is C25H30N4O6S. The molecule has 1 aromatic heterocycles. The van der Waals surface area contributed by atoms with Gasteiger partial charge in [0, 0.05) is 20.1 Å². The normalized spacial score (nSPS) is 12.4. The van der Waals surface area contributed by atoms with Crippen LogP contribution in [0.15, 0.2) is 64.3 Å². The zero-order valence-electron chi connectivity index (χ0n) is 20.9. The van der Waals surface area contributed by atoms with Gasteiger partial charge >= 0.3 is 5.97 Å². The Morgan fingerprint density at radius 1 is 1.06 bits per heavy atom. The van der Waals surface area contributed by atoms with Gasteiger partial charge in [0.2, 0.25) is 10.0 Å². The number of nitrogens with one attached hydrogen (secondary N) is 1. The number of benzene rings is 2. The molecule has 192 valence electrons. The smallest absolute Gasteiger partial charge is 0.338 e. The number of ether oxygens (including phenoxy) is 1. The van der Waals surface area contributed by atoms with Gasteiger partial charge in [-0.15, -0.1) is 0 Å². The fourth-order valence-electron chi connectivity index (χ4n) is 3.72. The lowest BCUT2D eigenvalue weighted by atomic mass is 10.2. The number of rotatable bonds is 9. The molecule has 3 rings (SSSR count). The number of sulfonamides is 1. The Hall–Kier alpha value is -3.70. The van der Waals surface area contributed by atoms with Crippen molar-refractivity contribution in [1.29, 1.82) is 0 Å². The van der Waals surface area contributed by atoms with Gasteiger partial charge in [-0.2, -0.15) is 4.31 Å². The summed E-state index contributed by atoms with van der Waals surface area (Å²) in [5, 5.41) is 2.56. The number of nitrogens with zero attached hydrogens (tertiary/aromatic N) is 3. The van der Waals surface area contributed by atoms with E-state index in [1.54, 1.807) is 56.8 Å². The Balaban J connectivity index is 1.78. The molecule has 0 radical (unpaired) electrons. The van der Waals surface area contributed by atoms with E-state index in [0.29, 0.717) is 11.4 Å². The fourth-order valence-corrected chi connectivity index (χ4v) is 5.22. The fraction of sp³-hybridized carbons (Fsp3) is 0.320. The second-order valence-corrected chi connectivity index (χ2v) is 10.0. The molecule has 2 aromatic carbocycles. The lowest BCUT2D eigenvalue weighted by Crippen LogP contribution is -2.32. The Bertz CT molecular complexity index is 1420. The maximum absolute atomic E-state index is 13.0. The zero-order chi connectivity index (χ0) is 26.6. The van der Waals surface area contributed by atoms with Gasteiger partial charge in [-0.1, -0.05) is 38.1 Å². The number of aromatic nitrogens is 2. The van der Waals surface area contributed by atoms with Crippen LogP contribution in [0.2, 0.25) is 0 Å². The Morgan fingerprint density at radius 2 is 1.69 bits per heavy atom. The minimum Gasteiger partial charge on any atom is -0.449 e. The number of carbonyl (C=O) groups excluding carboxylic acids is 2. The molecule has 0 aliphatic carbocycles. The molecule has 1 unspecified atom stereocenters. The highest BCUT2D eigenvalue weighted by Crippen LogP contribution is 2.19. The molecule has 0 saturated carbocycles. The van der Waals surface area contributed by atoms with Gasteiger partial charge in [-0.25, -0.2) is 17.9 Å². The average molecular weight is 515 g/mol. The van der Waals surface area contributed by atoms with Crippen molar-refractivity contribution in [2.45, 2.75) is 38.7 Å². The summed E-state index contributed by atoms with van der Waals surface area (Å²) in [5.74, 6) is -1.55. The predicted molar refractivity (Wildman–Crippen MR) is 136 cm³/mol. The molecule has 0 saturated heterocycles. The van der Waals surface area contributed by atoms with Gasteiger partial charge in [-0.05, 0) is 44.2 Å². The van der Waals surface area contributed by atoms with E-state index in [9.17, 15) is 22.8 Å². The maximum atomic E-state index is 13.0. The Kier molecular flexibility index (Phi) is 8.16. The third-order valence-corrected chi connectivity index (χ3v) is 7.91. The first kappa shape index (κ1) is 26.9. The molecule has 1 heterocycles. The summed E-state index contributed by atoms with van der Waals surface area (Å²) in [4.78, 5) is 38.4. The van der Waals surface area contributed by atoms with Crippen LogP contribution in [-0.4, -0.2) is 53.2 Å². The minimum absolute atomic E-state index is 0.00907. The highest BCUT2D eigenvalue weighted by Gasteiger charge is 2.26. The highest BCUT2D eigenvalue weighted by molar-refractivity contribution is 7.89. The summed E-state index contributed by atoms with van der Waals surface area (Å²) in [6, 6.07) is 14.4. The molecule has 0 aliphatic rings. The van der Waals surface area contributed by atoms with Gasteiger partial charge in [0.25, 0.3) is 11.5 Å². The Labute approximate surface area is 210 Å². The van der Waals surface area contributed by atoms with Crippen LogP contribution in [-0.2, 0) is 26.6 Å². The third kappa shape index (κ3) is 5.26. The van der Waals surface area contributed by atoms with Crippen LogP contribution < -0.4 is 10.9 Å². The summed E-state index contributed by atoms with van der Waals surface area (Å²) >= 11 is 0. The molecule has 0 bridgehead atoms. The number of esters is 1. The first-order valence-corrected chi connectivity index (χ1v) is 12.9.